The number of halogens is 3. The number of hydrogen-bond donors (Lipinski definition) is 1. The van der Waals surface area contributed by atoms with Crippen LogP contribution in [-0.4, -0.2) is 5.78 Å². The number of allylic oxidation sites excluding steroid dienone is 1. The largest absolute Gasteiger partial charge is 0.362 e. The smallest absolute Gasteiger partial charge is 0.188 e. The van der Waals surface area contributed by atoms with E-state index in [-0.39, 0.29) is 11.6 Å². The molecule has 0 amide bonds. The lowest BCUT2D eigenvalue weighted by molar-refractivity contribution is 0.104. The van der Waals surface area contributed by atoms with Crippen molar-refractivity contribution in [2.45, 2.75) is 6.92 Å². The fourth-order valence-electron chi connectivity index (χ4n) is 1.73. The number of nitrogens with one attached hydrogen (secondary N) is 1. The summed E-state index contributed by atoms with van der Waals surface area (Å²) in [6.07, 6.45) is 2.84. The van der Waals surface area contributed by atoms with Crippen LogP contribution in [0.3, 0.4) is 0 Å². The molecule has 0 heterocycles. The second-order valence-electron chi connectivity index (χ2n) is 4.43. The molecular weight excluding hydrogens is 312 g/mol. The highest BCUT2D eigenvalue weighted by molar-refractivity contribution is 6.37. The molecule has 0 saturated heterocycles. The summed E-state index contributed by atoms with van der Waals surface area (Å²) in [5, 5.41) is 3.68. The monoisotopic (exact) mass is 323 g/mol. The maximum atomic E-state index is 13.1. The number of benzene rings is 2. The van der Waals surface area contributed by atoms with Crippen LogP contribution in [-0.2, 0) is 0 Å². The first-order valence-electron chi connectivity index (χ1n) is 6.16. The zero-order chi connectivity index (χ0) is 15.4. The summed E-state index contributed by atoms with van der Waals surface area (Å²) in [6.45, 7) is 1.67. The molecule has 1 N–H and O–H groups in total. The standard InChI is InChI=1S/C16H12Cl2FNO/c1-10-8-12(3-5-15(10)19)20-7-6-16(21)13-4-2-11(17)9-14(13)18/h2-9,20H,1H3. The lowest BCUT2D eigenvalue weighted by Gasteiger charge is -2.03. The van der Waals surface area contributed by atoms with E-state index >= 15 is 0 Å². The highest BCUT2D eigenvalue weighted by Gasteiger charge is 2.07. The summed E-state index contributed by atoms with van der Waals surface area (Å²) in [7, 11) is 0. The molecule has 0 fully saturated rings. The number of carbonyl (C=O) groups is 1. The first-order chi connectivity index (χ1) is 9.97. The first-order valence-corrected chi connectivity index (χ1v) is 6.91. The van der Waals surface area contributed by atoms with Gasteiger partial charge in [-0.25, -0.2) is 4.39 Å². The summed E-state index contributed by atoms with van der Waals surface area (Å²) in [5.74, 6) is -0.517. The molecule has 2 aromatic carbocycles. The average molecular weight is 324 g/mol. The summed E-state index contributed by atoms with van der Waals surface area (Å²) >= 11 is 11.7. The number of anilines is 1. The highest BCUT2D eigenvalue weighted by Crippen LogP contribution is 2.21. The van der Waals surface area contributed by atoms with Crippen LogP contribution in [0.15, 0.2) is 48.7 Å². The van der Waals surface area contributed by atoms with Crippen molar-refractivity contribution in [1.29, 1.82) is 0 Å². The van der Waals surface area contributed by atoms with Gasteiger partial charge in [-0.2, -0.15) is 0 Å². The van der Waals surface area contributed by atoms with Crippen molar-refractivity contribution in [1.82, 2.24) is 0 Å². The molecule has 21 heavy (non-hydrogen) atoms. The zero-order valence-electron chi connectivity index (χ0n) is 11.2. The molecule has 2 nitrogen and oxygen atoms in total. The Kier molecular flexibility index (Phi) is 4.99. The minimum absolute atomic E-state index is 0.247. The molecule has 0 aliphatic heterocycles. The van der Waals surface area contributed by atoms with E-state index in [2.05, 4.69) is 5.32 Å². The van der Waals surface area contributed by atoms with Crippen molar-refractivity contribution in [3.05, 3.63) is 75.7 Å². The van der Waals surface area contributed by atoms with Gasteiger partial charge in [0.25, 0.3) is 0 Å². The van der Waals surface area contributed by atoms with Crippen LogP contribution in [0.5, 0.6) is 0 Å². The lowest BCUT2D eigenvalue weighted by Crippen LogP contribution is -1.97. The highest BCUT2D eigenvalue weighted by atomic mass is 35.5. The van der Waals surface area contributed by atoms with Gasteiger partial charge in [0.2, 0.25) is 0 Å². The van der Waals surface area contributed by atoms with Crippen LogP contribution in [0.4, 0.5) is 10.1 Å². The maximum Gasteiger partial charge on any atom is 0.188 e. The van der Waals surface area contributed by atoms with E-state index in [1.807, 2.05) is 0 Å². The third kappa shape index (κ3) is 4.06. The quantitative estimate of drug-likeness (QED) is 0.615. The fourth-order valence-corrected chi connectivity index (χ4v) is 2.23. The van der Waals surface area contributed by atoms with E-state index in [0.29, 0.717) is 26.9 Å². The Labute approximate surface area is 132 Å². The summed E-state index contributed by atoms with van der Waals surface area (Å²) < 4.78 is 13.1. The Morgan fingerprint density at radius 1 is 1.19 bits per heavy atom. The van der Waals surface area contributed by atoms with Crippen molar-refractivity contribution in [3.63, 3.8) is 0 Å². The Morgan fingerprint density at radius 2 is 1.95 bits per heavy atom. The molecule has 108 valence electrons. The molecule has 0 aliphatic rings. The van der Waals surface area contributed by atoms with Gasteiger partial charge in [0.15, 0.2) is 5.78 Å². The van der Waals surface area contributed by atoms with Gasteiger partial charge in [-0.15, -0.1) is 0 Å². The van der Waals surface area contributed by atoms with Gasteiger partial charge in [-0.1, -0.05) is 23.2 Å². The number of aryl methyl sites for hydroxylation is 1. The molecule has 0 aromatic heterocycles. The van der Waals surface area contributed by atoms with Gasteiger partial charge < -0.3 is 5.32 Å². The van der Waals surface area contributed by atoms with E-state index in [9.17, 15) is 9.18 Å². The van der Waals surface area contributed by atoms with Gasteiger partial charge in [-0.05, 0) is 48.9 Å². The van der Waals surface area contributed by atoms with Gasteiger partial charge in [-0.3, -0.25) is 4.79 Å². The van der Waals surface area contributed by atoms with Gasteiger partial charge >= 0.3 is 0 Å². The Balaban J connectivity index is 2.06. The normalized spacial score (nSPS) is 10.9. The lowest BCUT2D eigenvalue weighted by atomic mass is 10.1. The van der Waals surface area contributed by atoms with Crippen LogP contribution in [0, 0.1) is 12.7 Å². The fraction of sp³-hybridized carbons (Fsp3) is 0.0625. The third-order valence-corrected chi connectivity index (χ3v) is 3.39. The second-order valence-corrected chi connectivity index (χ2v) is 5.27. The molecule has 2 aromatic rings. The van der Waals surface area contributed by atoms with Crippen molar-refractivity contribution in [2.24, 2.45) is 0 Å². The minimum atomic E-state index is -0.270. The van der Waals surface area contributed by atoms with Crippen LogP contribution < -0.4 is 5.32 Å². The third-order valence-electron chi connectivity index (χ3n) is 2.84. The SMILES string of the molecule is Cc1cc(NC=CC(=O)c2ccc(Cl)cc2Cl)ccc1F. The van der Waals surface area contributed by atoms with E-state index in [1.54, 1.807) is 31.2 Å². The first kappa shape index (κ1) is 15.5. The van der Waals surface area contributed by atoms with Crippen LogP contribution in [0.25, 0.3) is 0 Å². The maximum absolute atomic E-state index is 13.1. The number of ketones is 1. The van der Waals surface area contributed by atoms with Crippen LogP contribution in [0.1, 0.15) is 15.9 Å². The van der Waals surface area contributed by atoms with Gasteiger partial charge in [0.05, 0.1) is 5.02 Å². The summed E-state index contributed by atoms with van der Waals surface area (Å²) in [6, 6.07) is 9.29. The summed E-state index contributed by atoms with van der Waals surface area (Å²) in [4.78, 5) is 12.0. The van der Waals surface area contributed by atoms with E-state index in [4.69, 9.17) is 23.2 Å². The second kappa shape index (κ2) is 6.74. The molecule has 2 rings (SSSR count). The zero-order valence-corrected chi connectivity index (χ0v) is 12.7. The topological polar surface area (TPSA) is 29.1 Å². The van der Waals surface area contributed by atoms with E-state index in [1.165, 1.54) is 24.4 Å². The van der Waals surface area contributed by atoms with Crippen molar-refractivity contribution >= 4 is 34.7 Å². The average Bonchev–Trinajstić information content (AvgIpc) is 2.42. The van der Waals surface area contributed by atoms with E-state index < -0.39 is 0 Å². The number of carbonyl (C=O) groups excluding carboxylic acids is 1. The molecule has 5 heteroatoms. The van der Waals surface area contributed by atoms with Crippen molar-refractivity contribution in [2.75, 3.05) is 5.32 Å². The predicted molar refractivity (Wildman–Crippen MR) is 84.7 cm³/mol. The number of rotatable bonds is 4. The molecule has 0 unspecified atom stereocenters. The summed E-state index contributed by atoms with van der Waals surface area (Å²) in [5.41, 5.74) is 1.59. The molecule has 0 aliphatic carbocycles. The van der Waals surface area contributed by atoms with Crippen LogP contribution in [0.2, 0.25) is 10.0 Å². The Hall–Kier alpha value is -1.84. The molecular formula is C16H12Cl2FNO. The molecule has 0 radical (unpaired) electrons. The Bertz CT molecular complexity index is 713. The molecule has 0 spiro atoms. The predicted octanol–water partition coefficient (Wildman–Crippen LogP) is 5.25. The Morgan fingerprint density at radius 3 is 2.62 bits per heavy atom. The molecule has 0 bridgehead atoms. The van der Waals surface area contributed by atoms with E-state index in [0.717, 1.165) is 0 Å². The molecule has 0 atom stereocenters. The minimum Gasteiger partial charge on any atom is -0.362 e. The van der Waals surface area contributed by atoms with Gasteiger partial charge in [0, 0.05) is 28.5 Å². The number of hydrogen-bond acceptors (Lipinski definition) is 2. The van der Waals surface area contributed by atoms with Crippen LogP contribution >= 0.6 is 23.2 Å². The van der Waals surface area contributed by atoms with Crippen molar-refractivity contribution < 1.29 is 9.18 Å². The van der Waals surface area contributed by atoms with Crippen molar-refractivity contribution in [3.8, 4) is 0 Å². The van der Waals surface area contributed by atoms with Gasteiger partial charge in [0.1, 0.15) is 5.82 Å². The molecule has 0 saturated carbocycles.